The quantitative estimate of drug-likeness (QED) is 0.516. The zero-order chi connectivity index (χ0) is 24.3. The van der Waals surface area contributed by atoms with Gasteiger partial charge in [0.25, 0.3) is 5.91 Å². The second-order valence-electron chi connectivity index (χ2n) is 8.78. The second-order valence-corrected chi connectivity index (χ2v) is 10.7. The van der Waals surface area contributed by atoms with Gasteiger partial charge in [-0.05, 0) is 49.2 Å². The van der Waals surface area contributed by atoms with Crippen molar-refractivity contribution in [3.8, 4) is 11.7 Å². The Balaban J connectivity index is 1.15. The van der Waals surface area contributed by atoms with Crippen LogP contribution in [0, 0.1) is 0 Å². The smallest absolute Gasteiger partial charge is 0.253 e. The Morgan fingerprint density at radius 3 is 2.29 bits per heavy atom. The predicted octanol–water partition coefficient (Wildman–Crippen LogP) is 2.52. The van der Waals surface area contributed by atoms with Crippen molar-refractivity contribution in [2.45, 2.75) is 43.1 Å². The average molecular weight is 497 g/mol. The second kappa shape index (κ2) is 10.1. The molecule has 0 spiro atoms. The summed E-state index contributed by atoms with van der Waals surface area (Å²) in [6.45, 7) is 2.21. The number of aromatic nitrogens is 4. The van der Waals surface area contributed by atoms with Crippen molar-refractivity contribution in [1.82, 2.24) is 29.2 Å². The molecule has 0 bridgehead atoms. The van der Waals surface area contributed by atoms with Gasteiger partial charge in [-0.1, -0.05) is 6.42 Å². The highest BCUT2D eigenvalue weighted by Crippen LogP contribution is 2.23. The van der Waals surface area contributed by atoms with Crippen LogP contribution < -0.4 is 4.74 Å². The summed E-state index contributed by atoms with van der Waals surface area (Å²) in [6.07, 6.45) is 7.60. The van der Waals surface area contributed by atoms with E-state index < -0.39 is 10.0 Å². The molecule has 5 rings (SSSR count). The van der Waals surface area contributed by atoms with Crippen molar-refractivity contribution >= 4 is 15.9 Å². The van der Waals surface area contributed by atoms with Gasteiger partial charge >= 0.3 is 0 Å². The van der Waals surface area contributed by atoms with Crippen LogP contribution in [0.25, 0.3) is 5.82 Å². The van der Waals surface area contributed by atoms with Crippen molar-refractivity contribution in [3.63, 3.8) is 0 Å². The van der Waals surface area contributed by atoms with E-state index in [2.05, 4.69) is 15.3 Å². The first-order valence-electron chi connectivity index (χ1n) is 11.9. The molecule has 2 aromatic heterocycles. The molecular formula is C24H28N6O4S. The van der Waals surface area contributed by atoms with E-state index in [9.17, 15) is 13.2 Å². The lowest BCUT2D eigenvalue weighted by Crippen LogP contribution is -2.41. The topological polar surface area (TPSA) is 111 Å². The number of piperidine rings is 2. The molecule has 1 aromatic carbocycles. The summed E-state index contributed by atoms with van der Waals surface area (Å²) in [6, 6.07) is 11.7. The number of benzene rings is 1. The van der Waals surface area contributed by atoms with Gasteiger partial charge in [-0.3, -0.25) is 4.79 Å². The van der Waals surface area contributed by atoms with E-state index in [4.69, 9.17) is 4.74 Å². The van der Waals surface area contributed by atoms with E-state index in [1.807, 2.05) is 6.07 Å². The molecule has 2 saturated heterocycles. The van der Waals surface area contributed by atoms with E-state index >= 15 is 0 Å². The van der Waals surface area contributed by atoms with Gasteiger partial charge in [0.2, 0.25) is 15.9 Å². The fraction of sp³-hybridized carbons (Fsp3) is 0.417. The zero-order valence-corrected chi connectivity index (χ0v) is 20.2. The number of amides is 1. The van der Waals surface area contributed by atoms with Crippen molar-refractivity contribution in [2.75, 3.05) is 26.2 Å². The molecule has 0 radical (unpaired) electrons. The molecule has 184 valence electrons. The summed E-state index contributed by atoms with van der Waals surface area (Å²) in [5, 5.41) is 12.4. The molecule has 0 N–H and O–H groups in total. The fourth-order valence-corrected chi connectivity index (χ4v) is 5.97. The Labute approximate surface area is 204 Å². The van der Waals surface area contributed by atoms with Crippen molar-refractivity contribution < 1.29 is 17.9 Å². The van der Waals surface area contributed by atoms with E-state index in [1.165, 1.54) is 4.31 Å². The lowest BCUT2D eigenvalue weighted by molar-refractivity contribution is 0.0586. The molecule has 2 fully saturated rings. The Morgan fingerprint density at radius 1 is 0.914 bits per heavy atom. The highest BCUT2D eigenvalue weighted by atomic mass is 32.2. The number of hydrogen-bond acceptors (Lipinski definition) is 7. The molecular weight excluding hydrogens is 468 g/mol. The summed E-state index contributed by atoms with van der Waals surface area (Å²) in [5.74, 6) is 0.947. The molecule has 1 amide bonds. The Morgan fingerprint density at radius 2 is 1.66 bits per heavy atom. The van der Waals surface area contributed by atoms with Gasteiger partial charge in [0, 0.05) is 63.0 Å². The van der Waals surface area contributed by atoms with Crippen molar-refractivity contribution in [1.29, 1.82) is 0 Å². The SMILES string of the molecule is O=C(c1ccc(S(=O)(=O)N2CCCCC2)cc1)N1CCC(Oc2ccc(-n3cccn3)nn2)CC1. The van der Waals surface area contributed by atoms with Gasteiger partial charge in [-0.15, -0.1) is 10.2 Å². The van der Waals surface area contributed by atoms with Gasteiger partial charge < -0.3 is 9.64 Å². The monoisotopic (exact) mass is 496 g/mol. The number of hydrogen-bond donors (Lipinski definition) is 0. The van der Waals surface area contributed by atoms with Gasteiger partial charge in [-0.25, -0.2) is 13.1 Å². The van der Waals surface area contributed by atoms with Crippen LogP contribution in [0.3, 0.4) is 0 Å². The number of rotatable bonds is 6. The minimum Gasteiger partial charge on any atom is -0.473 e. The van der Waals surface area contributed by atoms with E-state index in [0.29, 0.717) is 56.3 Å². The number of carbonyl (C=O) groups is 1. The van der Waals surface area contributed by atoms with E-state index in [0.717, 1.165) is 19.3 Å². The molecule has 0 saturated carbocycles. The van der Waals surface area contributed by atoms with E-state index in [1.54, 1.807) is 58.4 Å². The predicted molar refractivity (Wildman–Crippen MR) is 128 cm³/mol. The number of likely N-dealkylation sites (tertiary alicyclic amines) is 1. The summed E-state index contributed by atoms with van der Waals surface area (Å²) in [4.78, 5) is 15.0. The first kappa shape index (κ1) is 23.4. The van der Waals surface area contributed by atoms with Crippen LogP contribution in [0.1, 0.15) is 42.5 Å². The highest BCUT2D eigenvalue weighted by Gasteiger charge is 2.28. The summed E-state index contributed by atoms with van der Waals surface area (Å²) >= 11 is 0. The molecule has 35 heavy (non-hydrogen) atoms. The van der Waals surface area contributed by atoms with Gasteiger partial charge in [-0.2, -0.15) is 9.40 Å². The molecule has 2 aliphatic rings. The molecule has 0 unspecified atom stereocenters. The third-order valence-electron chi connectivity index (χ3n) is 6.44. The van der Waals surface area contributed by atoms with Crippen LogP contribution in [0.2, 0.25) is 0 Å². The first-order chi connectivity index (χ1) is 17.0. The van der Waals surface area contributed by atoms with Crippen LogP contribution in [0.4, 0.5) is 0 Å². The summed E-state index contributed by atoms with van der Waals surface area (Å²) in [7, 11) is -3.51. The van der Waals surface area contributed by atoms with Crippen LogP contribution in [-0.2, 0) is 10.0 Å². The maximum absolute atomic E-state index is 13.0. The molecule has 10 nitrogen and oxygen atoms in total. The minimum absolute atomic E-state index is 0.0547. The molecule has 0 aliphatic carbocycles. The van der Waals surface area contributed by atoms with Crippen molar-refractivity contribution in [2.24, 2.45) is 0 Å². The van der Waals surface area contributed by atoms with Gasteiger partial charge in [0.1, 0.15) is 6.10 Å². The third-order valence-corrected chi connectivity index (χ3v) is 8.35. The maximum atomic E-state index is 13.0. The number of nitrogens with zero attached hydrogens (tertiary/aromatic N) is 6. The zero-order valence-electron chi connectivity index (χ0n) is 19.4. The lowest BCUT2D eigenvalue weighted by atomic mass is 10.1. The van der Waals surface area contributed by atoms with E-state index in [-0.39, 0.29) is 16.9 Å². The highest BCUT2D eigenvalue weighted by molar-refractivity contribution is 7.89. The molecule has 0 atom stereocenters. The first-order valence-corrected chi connectivity index (χ1v) is 13.3. The molecule has 11 heteroatoms. The number of carbonyl (C=O) groups excluding carboxylic acids is 1. The minimum atomic E-state index is -3.51. The van der Waals surface area contributed by atoms with Crippen LogP contribution in [0.5, 0.6) is 5.88 Å². The Hall–Kier alpha value is -3.31. The number of sulfonamides is 1. The average Bonchev–Trinajstić information content (AvgIpc) is 3.45. The summed E-state index contributed by atoms with van der Waals surface area (Å²) in [5.41, 5.74) is 0.488. The van der Waals surface area contributed by atoms with Crippen LogP contribution in [-0.4, -0.2) is 75.8 Å². The van der Waals surface area contributed by atoms with Gasteiger partial charge in [0.15, 0.2) is 5.82 Å². The standard InChI is InChI=1S/C24H28N6O4S/c31-24(19-5-7-21(8-6-19)35(32,33)29-14-2-1-3-15-29)28-17-11-20(12-18-28)34-23-10-9-22(26-27-23)30-16-4-13-25-30/h4-10,13,16,20H,1-3,11-12,14-15,17-18H2. The number of ether oxygens (including phenoxy) is 1. The fourth-order valence-electron chi connectivity index (χ4n) is 4.46. The van der Waals surface area contributed by atoms with Crippen LogP contribution in [0.15, 0.2) is 59.8 Å². The van der Waals surface area contributed by atoms with Crippen molar-refractivity contribution in [3.05, 3.63) is 60.4 Å². The Kier molecular flexibility index (Phi) is 6.78. The third kappa shape index (κ3) is 5.20. The van der Waals surface area contributed by atoms with Crippen LogP contribution >= 0.6 is 0 Å². The maximum Gasteiger partial charge on any atom is 0.253 e. The molecule has 4 heterocycles. The normalized spacial score (nSPS) is 17.9. The lowest BCUT2D eigenvalue weighted by Gasteiger charge is -2.32. The Bertz CT molecular complexity index is 1230. The largest absolute Gasteiger partial charge is 0.473 e. The summed E-state index contributed by atoms with van der Waals surface area (Å²) < 4.78 is 34.8. The molecule has 3 aromatic rings. The molecule has 2 aliphatic heterocycles. The van der Waals surface area contributed by atoms with Gasteiger partial charge in [0.05, 0.1) is 4.90 Å².